The third-order valence-corrected chi connectivity index (χ3v) is 4.53. The maximum atomic E-state index is 13.4. The Morgan fingerprint density at radius 2 is 1.28 bits per heavy atom. The number of benzene rings is 3. The smallest absolute Gasteiger partial charge is 0.264 e. The number of amides is 1. The fraction of sp³-hybridized carbons (Fsp3) is 0.0476. The molecule has 0 bridgehead atoms. The zero-order valence-corrected chi connectivity index (χ0v) is 13.4. The molecule has 4 nitrogen and oxygen atoms in total. The zero-order valence-electron chi connectivity index (χ0n) is 13.4. The minimum atomic E-state index is -1.74. The number of carbonyl (C=O) groups excluding carboxylic acids is 2. The van der Waals surface area contributed by atoms with Crippen LogP contribution in [0, 0.1) is 0 Å². The summed E-state index contributed by atoms with van der Waals surface area (Å²) in [5.74, 6) is -0.833. The van der Waals surface area contributed by atoms with Gasteiger partial charge in [0.15, 0.2) is 11.3 Å². The summed E-state index contributed by atoms with van der Waals surface area (Å²) in [6.07, 6.45) is 0. The Morgan fingerprint density at radius 3 is 1.96 bits per heavy atom. The highest BCUT2D eigenvalue weighted by molar-refractivity contribution is 6.29. The van der Waals surface area contributed by atoms with E-state index in [9.17, 15) is 9.59 Å². The van der Waals surface area contributed by atoms with Crippen LogP contribution in [-0.4, -0.2) is 11.7 Å². The number of nitrogens with two attached hydrogens (primary N) is 1. The fourth-order valence-corrected chi connectivity index (χ4v) is 3.24. The molecule has 1 amide bonds. The van der Waals surface area contributed by atoms with Crippen LogP contribution in [0.1, 0.15) is 15.9 Å². The molecule has 4 rings (SSSR count). The number of nitrogens with zero attached hydrogens (tertiary/aromatic N) is 1. The van der Waals surface area contributed by atoms with Crippen molar-refractivity contribution in [2.24, 2.45) is 5.73 Å². The first-order valence-corrected chi connectivity index (χ1v) is 8.02. The topological polar surface area (TPSA) is 63.4 Å². The molecule has 0 spiro atoms. The quantitative estimate of drug-likeness (QED) is 0.733. The third kappa shape index (κ3) is 2.19. The lowest BCUT2D eigenvalue weighted by Crippen LogP contribution is -2.60. The van der Waals surface area contributed by atoms with Crippen molar-refractivity contribution in [1.82, 2.24) is 0 Å². The van der Waals surface area contributed by atoms with Gasteiger partial charge >= 0.3 is 0 Å². The molecule has 25 heavy (non-hydrogen) atoms. The molecule has 1 unspecified atom stereocenters. The number of para-hydroxylation sites is 2. The van der Waals surface area contributed by atoms with Gasteiger partial charge in [0.05, 0.1) is 5.69 Å². The van der Waals surface area contributed by atoms with Crippen LogP contribution in [-0.2, 0) is 10.3 Å². The van der Waals surface area contributed by atoms with Gasteiger partial charge in [-0.1, -0.05) is 60.7 Å². The molecular weight excluding hydrogens is 312 g/mol. The molecule has 0 fully saturated rings. The number of carbonyl (C=O) groups is 2. The SMILES string of the molecule is NC1(c2ccccc2)C(=O)c2ccccc2N(c2ccccc2)C1=O. The van der Waals surface area contributed by atoms with Crippen LogP contribution >= 0.6 is 0 Å². The van der Waals surface area contributed by atoms with Crippen LogP contribution in [0.2, 0.25) is 0 Å². The van der Waals surface area contributed by atoms with Crippen molar-refractivity contribution in [2.45, 2.75) is 5.54 Å². The summed E-state index contributed by atoms with van der Waals surface area (Å²) in [6, 6.07) is 25.1. The van der Waals surface area contributed by atoms with E-state index in [1.165, 1.54) is 4.90 Å². The molecule has 0 radical (unpaired) electrons. The molecule has 4 heteroatoms. The average Bonchev–Trinajstić information content (AvgIpc) is 2.68. The number of rotatable bonds is 2. The summed E-state index contributed by atoms with van der Waals surface area (Å²) in [6.45, 7) is 0. The lowest BCUT2D eigenvalue weighted by Gasteiger charge is -2.39. The Kier molecular flexibility index (Phi) is 3.48. The van der Waals surface area contributed by atoms with Crippen molar-refractivity contribution in [1.29, 1.82) is 0 Å². The van der Waals surface area contributed by atoms with Crippen LogP contribution in [0.3, 0.4) is 0 Å². The molecule has 3 aromatic rings. The third-order valence-electron chi connectivity index (χ3n) is 4.53. The van der Waals surface area contributed by atoms with E-state index < -0.39 is 11.4 Å². The second-order valence-corrected chi connectivity index (χ2v) is 6.00. The minimum absolute atomic E-state index is 0.383. The second-order valence-electron chi connectivity index (χ2n) is 6.00. The molecule has 122 valence electrons. The number of anilines is 2. The highest BCUT2D eigenvalue weighted by Gasteiger charge is 2.51. The van der Waals surface area contributed by atoms with E-state index in [0.717, 1.165) is 0 Å². The van der Waals surface area contributed by atoms with E-state index >= 15 is 0 Å². The van der Waals surface area contributed by atoms with Crippen molar-refractivity contribution in [3.63, 3.8) is 0 Å². The highest BCUT2D eigenvalue weighted by atomic mass is 16.2. The molecule has 0 saturated heterocycles. The predicted molar refractivity (Wildman–Crippen MR) is 96.7 cm³/mol. The van der Waals surface area contributed by atoms with Gasteiger partial charge < -0.3 is 5.73 Å². The molecule has 0 aliphatic carbocycles. The molecule has 2 N–H and O–H groups in total. The van der Waals surface area contributed by atoms with Crippen molar-refractivity contribution < 1.29 is 9.59 Å². The van der Waals surface area contributed by atoms with Gasteiger partial charge in [0.25, 0.3) is 5.91 Å². The summed E-state index contributed by atoms with van der Waals surface area (Å²) < 4.78 is 0. The van der Waals surface area contributed by atoms with Gasteiger partial charge in [-0.15, -0.1) is 0 Å². The molecule has 1 aliphatic rings. The first-order chi connectivity index (χ1) is 12.1. The fourth-order valence-electron chi connectivity index (χ4n) is 3.24. The monoisotopic (exact) mass is 328 g/mol. The molecule has 1 aliphatic heterocycles. The van der Waals surface area contributed by atoms with E-state index in [4.69, 9.17) is 5.73 Å². The van der Waals surface area contributed by atoms with E-state index in [2.05, 4.69) is 0 Å². The van der Waals surface area contributed by atoms with Crippen LogP contribution in [0.25, 0.3) is 0 Å². The van der Waals surface area contributed by atoms with Gasteiger partial charge in [0, 0.05) is 11.3 Å². The van der Waals surface area contributed by atoms with Crippen LogP contribution in [0.15, 0.2) is 84.9 Å². The normalized spacial score (nSPS) is 19.6. The summed E-state index contributed by atoms with van der Waals surface area (Å²) >= 11 is 0. The lowest BCUT2D eigenvalue weighted by atomic mass is 9.78. The van der Waals surface area contributed by atoms with E-state index in [1.807, 2.05) is 36.4 Å². The van der Waals surface area contributed by atoms with Crippen LogP contribution in [0.5, 0.6) is 0 Å². The van der Waals surface area contributed by atoms with Gasteiger partial charge in [0.2, 0.25) is 0 Å². The van der Waals surface area contributed by atoms with Gasteiger partial charge in [-0.2, -0.15) is 0 Å². The van der Waals surface area contributed by atoms with Crippen LogP contribution < -0.4 is 10.6 Å². The first kappa shape index (κ1) is 15.3. The molecule has 0 saturated carbocycles. The number of Topliss-reactive ketones (excluding diaryl/α,β-unsaturated/α-hetero) is 1. The Balaban J connectivity index is 1.99. The maximum absolute atomic E-state index is 13.4. The molecular formula is C21H16N2O2. The number of ketones is 1. The minimum Gasteiger partial charge on any atom is -0.307 e. The Bertz CT molecular complexity index is 954. The van der Waals surface area contributed by atoms with Crippen LogP contribution in [0.4, 0.5) is 11.4 Å². The van der Waals surface area contributed by atoms with Crippen molar-refractivity contribution in [3.8, 4) is 0 Å². The zero-order chi connectivity index (χ0) is 17.4. The summed E-state index contributed by atoms with van der Waals surface area (Å²) in [4.78, 5) is 28.1. The summed E-state index contributed by atoms with van der Waals surface area (Å²) in [5.41, 5.74) is 6.89. The van der Waals surface area contributed by atoms with Crippen molar-refractivity contribution in [3.05, 3.63) is 96.1 Å². The number of hydrogen-bond acceptors (Lipinski definition) is 3. The lowest BCUT2D eigenvalue weighted by molar-refractivity contribution is -0.121. The Hall–Kier alpha value is -3.24. The van der Waals surface area contributed by atoms with Gasteiger partial charge in [-0.05, 0) is 29.8 Å². The Labute approximate surface area is 145 Å². The average molecular weight is 328 g/mol. The predicted octanol–water partition coefficient (Wildman–Crippen LogP) is 3.40. The largest absolute Gasteiger partial charge is 0.307 e. The van der Waals surface area contributed by atoms with Crippen molar-refractivity contribution >= 4 is 23.1 Å². The molecule has 1 heterocycles. The molecule has 0 aromatic heterocycles. The number of hydrogen-bond donors (Lipinski definition) is 1. The van der Waals surface area contributed by atoms with E-state index in [-0.39, 0.29) is 5.78 Å². The number of fused-ring (bicyclic) bond motifs is 1. The Morgan fingerprint density at radius 1 is 0.720 bits per heavy atom. The standard InChI is InChI=1S/C21H16N2O2/c22-21(15-9-3-1-4-10-15)19(24)17-13-7-8-14-18(17)23(20(21)25)16-11-5-2-6-12-16/h1-14H,22H2. The van der Waals surface area contributed by atoms with E-state index in [1.54, 1.807) is 48.5 Å². The van der Waals surface area contributed by atoms with Gasteiger partial charge in [-0.3, -0.25) is 14.5 Å². The van der Waals surface area contributed by atoms with E-state index in [0.29, 0.717) is 22.5 Å². The second kappa shape index (κ2) is 5.69. The molecule has 1 atom stereocenters. The van der Waals surface area contributed by atoms with Crippen molar-refractivity contribution in [2.75, 3.05) is 4.90 Å². The van der Waals surface area contributed by atoms with Gasteiger partial charge in [0.1, 0.15) is 0 Å². The summed E-state index contributed by atoms with van der Waals surface area (Å²) in [5, 5.41) is 0. The molecule has 3 aromatic carbocycles. The maximum Gasteiger partial charge on any atom is 0.264 e. The summed E-state index contributed by atoms with van der Waals surface area (Å²) in [7, 11) is 0. The van der Waals surface area contributed by atoms with Gasteiger partial charge in [-0.25, -0.2) is 0 Å². The highest BCUT2D eigenvalue weighted by Crippen LogP contribution is 2.40. The first-order valence-electron chi connectivity index (χ1n) is 8.02.